The number of carbonyl (C=O) groups is 2. The third kappa shape index (κ3) is 6.90. The van der Waals surface area contributed by atoms with E-state index in [1.807, 2.05) is 0 Å². The summed E-state index contributed by atoms with van der Waals surface area (Å²) in [6.07, 6.45) is 2.24. The van der Waals surface area contributed by atoms with Crippen LogP contribution in [-0.2, 0) is 20.7 Å². The summed E-state index contributed by atoms with van der Waals surface area (Å²) in [4.78, 5) is 25.1. The van der Waals surface area contributed by atoms with E-state index in [1.54, 1.807) is 42.5 Å². The second-order valence-electron chi connectivity index (χ2n) is 7.63. The van der Waals surface area contributed by atoms with Gasteiger partial charge in [-0.3, -0.25) is 4.79 Å². The number of hydrogen-bond acceptors (Lipinski definition) is 6. The first-order valence-electron chi connectivity index (χ1n) is 10.7. The van der Waals surface area contributed by atoms with E-state index in [0.717, 1.165) is 12.8 Å². The number of para-hydroxylation sites is 1. The normalized spacial score (nSPS) is 12.4. The molecule has 2 aromatic rings. The van der Waals surface area contributed by atoms with Crippen molar-refractivity contribution in [2.24, 2.45) is 5.92 Å². The van der Waals surface area contributed by atoms with Crippen molar-refractivity contribution < 1.29 is 28.5 Å². The molecule has 32 heavy (non-hydrogen) atoms. The molecule has 0 aliphatic carbocycles. The maximum absolute atomic E-state index is 12.8. The summed E-state index contributed by atoms with van der Waals surface area (Å²) in [6.45, 7) is 4.93. The van der Waals surface area contributed by atoms with Crippen molar-refractivity contribution in [3.8, 4) is 17.2 Å². The van der Waals surface area contributed by atoms with Crippen LogP contribution in [0.15, 0.2) is 42.5 Å². The molecule has 2 rings (SSSR count). The molecule has 0 spiro atoms. The second-order valence-corrected chi connectivity index (χ2v) is 7.63. The van der Waals surface area contributed by atoms with E-state index < -0.39 is 12.0 Å². The van der Waals surface area contributed by atoms with Crippen LogP contribution in [0.5, 0.6) is 17.2 Å². The summed E-state index contributed by atoms with van der Waals surface area (Å²) in [5, 5.41) is 2.76. The number of hydrogen-bond donors (Lipinski definition) is 1. The molecule has 0 saturated heterocycles. The van der Waals surface area contributed by atoms with Gasteiger partial charge in [-0.1, -0.05) is 44.5 Å². The summed E-state index contributed by atoms with van der Waals surface area (Å²) in [6, 6.07) is 11.5. The molecule has 0 bridgehead atoms. The predicted molar refractivity (Wildman–Crippen MR) is 122 cm³/mol. The Labute approximate surface area is 190 Å². The lowest BCUT2D eigenvalue weighted by Crippen LogP contribution is -2.35. The molecule has 0 heterocycles. The molecule has 0 aliphatic heterocycles. The average Bonchev–Trinajstić information content (AvgIpc) is 2.81. The molecule has 1 unspecified atom stereocenters. The Balaban J connectivity index is 2.11. The van der Waals surface area contributed by atoms with Crippen molar-refractivity contribution in [1.29, 1.82) is 0 Å². The Kier molecular flexibility index (Phi) is 9.85. The fourth-order valence-electron chi connectivity index (χ4n) is 3.45. The molecule has 0 fully saturated rings. The number of esters is 1. The van der Waals surface area contributed by atoms with Crippen molar-refractivity contribution in [2.45, 2.75) is 39.2 Å². The van der Waals surface area contributed by atoms with Crippen LogP contribution in [0.3, 0.4) is 0 Å². The quantitative estimate of drug-likeness (QED) is 0.498. The lowest BCUT2D eigenvalue weighted by molar-refractivity contribution is -0.145. The second kappa shape index (κ2) is 12.6. The number of nitrogens with one attached hydrogen (secondary N) is 1. The van der Waals surface area contributed by atoms with Crippen LogP contribution in [0.4, 0.5) is 0 Å². The topological polar surface area (TPSA) is 83.1 Å². The van der Waals surface area contributed by atoms with E-state index in [-0.39, 0.29) is 12.3 Å². The van der Waals surface area contributed by atoms with E-state index in [0.29, 0.717) is 40.9 Å². The van der Waals surface area contributed by atoms with Gasteiger partial charge in [0.25, 0.3) is 0 Å². The molecule has 0 radical (unpaired) electrons. The first-order chi connectivity index (χ1) is 15.4. The van der Waals surface area contributed by atoms with E-state index >= 15 is 0 Å². The van der Waals surface area contributed by atoms with Gasteiger partial charge in [-0.15, -0.1) is 0 Å². The third-order valence-corrected chi connectivity index (χ3v) is 5.11. The van der Waals surface area contributed by atoms with Crippen molar-refractivity contribution in [1.82, 2.24) is 5.32 Å². The van der Waals surface area contributed by atoms with E-state index in [2.05, 4.69) is 19.2 Å². The predicted octanol–water partition coefficient (Wildman–Crippen LogP) is 4.09. The Morgan fingerprint density at radius 1 is 1.00 bits per heavy atom. The van der Waals surface area contributed by atoms with E-state index in [4.69, 9.17) is 18.9 Å². The van der Waals surface area contributed by atoms with Gasteiger partial charge in [0.2, 0.25) is 5.91 Å². The third-order valence-electron chi connectivity index (χ3n) is 5.11. The molecule has 0 aromatic heterocycles. The van der Waals surface area contributed by atoms with Gasteiger partial charge in [0.05, 0.1) is 34.4 Å². The maximum Gasteiger partial charge on any atom is 0.333 e. The molecule has 0 saturated carbocycles. The number of rotatable bonds is 12. The number of ether oxygens (including phenoxy) is 4. The minimum Gasteiger partial charge on any atom is -0.493 e. The van der Waals surface area contributed by atoms with Crippen LogP contribution >= 0.6 is 0 Å². The summed E-state index contributed by atoms with van der Waals surface area (Å²) >= 11 is 0. The SMILES string of the molecule is CCCC(C)COc1ccc([C@@H](NC(=O)Cc2cccc(OC)c2OC)C(=O)OC)cc1. The number of carbonyl (C=O) groups excluding carboxylic acids is 2. The van der Waals surface area contributed by atoms with Gasteiger partial charge in [0, 0.05) is 5.56 Å². The molecule has 1 N–H and O–H groups in total. The minimum absolute atomic E-state index is 0.0182. The van der Waals surface area contributed by atoms with Gasteiger partial charge < -0.3 is 24.3 Å². The van der Waals surface area contributed by atoms with Crippen LogP contribution in [-0.4, -0.2) is 39.8 Å². The zero-order valence-electron chi connectivity index (χ0n) is 19.5. The average molecular weight is 444 g/mol. The summed E-state index contributed by atoms with van der Waals surface area (Å²) in [7, 11) is 4.34. The zero-order chi connectivity index (χ0) is 23.5. The molecule has 2 aromatic carbocycles. The van der Waals surface area contributed by atoms with Gasteiger partial charge in [-0.05, 0) is 36.1 Å². The van der Waals surface area contributed by atoms with Gasteiger partial charge in [-0.25, -0.2) is 4.79 Å². The first-order valence-corrected chi connectivity index (χ1v) is 10.7. The molecule has 0 aliphatic rings. The first kappa shape index (κ1) is 25.0. The Morgan fingerprint density at radius 3 is 2.31 bits per heavy atom. The lowest BCUT2D eigenvalue weighted by atomic mass is 10.1. The standard InChI is InChI=1S/C25H33NO6/c1-6-8-17(2)16-32-20-13-11-18(12-14-20)23(25(28)31-5)26-22(27)15-19-9-7-10-21(29-3)24(19)30-4/h7,9-14,17,23H,6,8,15-16H2,1-5H3,(H,26,27)/t17?,23-/m1/s1. The van der Waals surface area contributed by atoms with Gasteiger partial charge in [0.15, 0.2) is 17.5 Å². The van der Waals surface area contributed by atoms with E-state index in [1.165, 1.54) is 21.3 Å². The lowest BCUT2D eigenvalue weighted by Gasteiger charge is -2.18. The van der Waals surface area contributed by atoms with Crippen molar-refractivity contribution in [3.05, 3.63) is 53.6 Å². The molecule has 7 nitrogen and oxygen atoms in total. The molecule has 2 atom stereocenters. The summed E-state index contributed by atoms with van der Waals surface area (Å²) < 4.78 is 21.4. The highest BCUT2D eigenvalue weighted by molar-refractivity contribution is 5.87. The van der Waals surface area contributed by atoms with Crippen molar-refractivity contribution in [3.63, 3.8) is 0 Å². The number of methoxy groups -OCH3 is 3. The fraction of sp³-hybridized carbons (Fsp3) is 0.440. The van der Waals surface area contributed by atoms with Crippen molar-refractivity contribution in [2.75, 3.05) is 27.9 Å². The molecule has 7 heteroatoms. The fourth-order valence-corrected chi connectivity index (χ4v) is 3.45. The Hall–Kier alpha value is -3.22. The number of amides is 1. The largest absolute Gasteiger partial charge is 0.493 e. The zero-order valence-corrected chi connectivity index (χ0v) is 19.5. The van der Waals surface area contributed by atoms with Crippen LogP contribution in [0.2, 0.25) is 0 Å². The molecule has 174 valence electrons. The van der Waals surface area contributed by atoms with Crippen LogP contribution in [0.1, 0.15) is 43.9 Å². The monoisotopic (exact) mass is 443 g/mol. The van der Waals surface area contributed by atoms with Gasteiger partial charge in [0.1, 0.15) is 5.75 Å². The minimum atomic E-state index is -0.933. The van der Waals surface area contributed by atoms with Gasteiger partial charge in [-0.2, -0.15) is 0 Å². The highest BCUT2D eigenvalue weighted by Crippen LogP contribution is 2.31. The smallest absolute Gasteiger partial charge is 0.333 e. The van der Waals surface area contributed by atoms with E-state index in [9.17, 15) is 9.59 Å². The van der Waals surface area contributed by atoms with Crippen LogP contribution in [0.25, 0.3) is 0 Å². The van der Waals surface area contributed by atoms with Crippen molar-refractivity contribution >= 4 is 11.9 Å². The highest BCUT2D eigenvalue weighted by Gasteiger charge is 2.24. The Bertz CT molecular complexity index is 881. The van der Waals surface area contributed by atoms with Crippen LogP contribution in [0, 0.1) is 5.92 Å². The molecule has 1 amide bonds. The summed E-state index contributed by atoms with van der Waals surface area (Å²) in [5.74, 6) is 1.30. The Morgan fingerprint density at radius 2 is 1.72 bits per heavy atom. The summed E-state index contributed by atoms with van der Waals surface area (Å²) in [5.41, 5.74) is 1.26. The maximum atomic E-state index is 12.8. The number of benzene rings is 2. The highest BCUT2D eigenvalue weighted by atomic mass is 16.5. The van der Waals surface area contributed by atoms with Crippen LogP contribution < -0.4 is 19.5 Å². The van der Waals surface area contributed by atoms with Gasteiger partial charge >= 0.3 is 5.97 Å². The molecular formula is C25H33NO6. The molecular weight excluding hydrogens is 410 g/mol.